The zero-order valence-corrected chi connectivity index (χ0v) is 17.3. The summed E-state index contributed by atoms with van der Waals surface area (Å²) >= 11 is 0. The summed E-state index contributed by atoms with van der Waals surface area (Å²) in [5.74, 6) is -1.52. The number of rotatable bonds is 5. The van der Waals surface area contributed by atoms with E-state index in [4.69, 9.17) is 0 Å². The normalized spacial score (nSPS) is 19.1. The number of imide groups is 1. The second-order valence-corrected chi connectivity index (χ2v) is 9.73. The summed E-state index contributed by atoms with van der Waals surface area (Å²) in [5.41, 5.74) is -0.975. The molecule has 1 aliphatic carbocycles. The maximum absolute atomic E-state index is 12.9. The van der Waals surface area contributed by atoms with Gasteiger partial charge in [-0.2, -0.15) is 0 Å². The standard InChI is InChI=1S/C19H25N3O6S/c1-3-29(27,28)13-7-8-15(23)14(11-13)20-16(24)12-22-17(25)19(21(2)18(22)26)9-5-4-6-10-19/h7-8,11,23H,3-6,9-10,12H2,1-2H3,(H,20,24). The molecule has 0 unspecified atom stereocenters. The van der Waals surface area contributed by atoms with E-state index < -0.39 is 33.9 Å². The van der Waals surface area contributed by atoms with Crippen LogP contribution in [-0.4, -0.2) is 66.1 Å². The molecule has 0 bridgehead atoms. The lowest BCUT2D eigenvalue weighted by Crippen LogP contribution is -2.49. The van der Waals surface area contributed by atoms with Crippen molar-refractivity contribution >= 4 is 33.4 Å². The molecule has 1 spiro atoms. The van der Waals surface area contributed by atoms with Crippen LogP contribution in [0.5, 0.6) is 5.75 Å². The van der Waals surface area contributed by atoms with Crippen LogP contribution in [-0.2, 0) is 19.4 Å². The molecule has 4 amide bonds. The van der Waals surface area contributed by atoms with Gasteiger partial charge in [-0.15, -0.1) is 0 Å². The number of likely N-dealkylation sites (N-methyl/N-ethyl adjacent to an activating group) is 1. The van der Waals surface area contributed by atoms with Crippen molar-refractivity contribution in [2.45, 2.75) is 49.5 Å². The highest BCUT2D eigenvalue weighted by Gasteiger charge is 2.55. The summed E-state index contributed by atoms with van der Waals surface area (Å²) in [7, 11) is -1.95. The molecular weight excluding hydrogens is 398 g/mol. The fourth-order valence-electron chi connectivity index (χ4n) is 3.98. The number of carbonyl (C=O) groups excluding carboxylic acids is 3. The lowest BCUT2D eigenvalue weighted by molar-refractivity contribution is -0.136. The quantitative estimate of drug-likeness (QED) is 0.549. The summed E-state index contributed by atoms with van der Waals surface area (Å²) in [6, 6.07) is 3.06. The van der Waals surface area contributed by atoms with Gasteiger partial charge in [0, 0.05) is 7.05 Å². The topological polar surface area (TPSA) is 124 Å². The number of carbonyl (C=O) groups is 3. The number of nitrogens with zero attached hydrogens (tertiary/aromatic N) is 2. The molecular formula is C19H25N3O6S. The summed E-state index contributed by atoms with van der Waals surface area (Å²) in [5, 5.41) is 12.4. The van der Waals surface area contributed by atoms with Crippen molar-refractivity contribution in [2.75, 3.05) is 24.7 Å². The number of amides is 4. The maximum Gasteiger partial charge on any atom is 0.327 e. The molecule has 1 aliphatic heterocycles. The lowest BCUT2D eigenvalue weighted by Gasteiger charge is -2.35. The minimum Gasteiger partial charge on any atom is -0.506 e. The summed E-state index contributed by atoms with van der Waals surface area (Å²) in [6.45, 7) is 0.983. The number of phenolic OH excluding ortho intramolecular Hbond substituents is 1. The third kappa shape index (κ3) is 3.68. The lowest BCUT2D eigenvalue weighted by atomic mass is 9.81. The van der Waals surface area contributed by atoms with Gasteiger partial charge in [-0.1, -0.05) is 26.2 Å². The molecule has 0 aromatic heterocycles. The Balaban J connectivity index is 1.77. The van der Waals surface area contributed by atoms with Gasteiger partial charge in [0.1, 0.15) is 17.8 Å². The van der Waals surface area contributed by atoms with Crippen LogP contribution in [0.1, 0.15) is 39.0 Å². The van der Waals surface area contributed by atoms with Crippen molar-refractivity contribution in [1.82, 2.24) is 9.80 Å². The smallest absolute Gasteiger partial charge is 0.327 e. The molecule has 1 heterocycles. The highest BCUT2D eigenvalue weighted by molar-refractivity contribution is 7.91. The van der Waals surface area contributed by atoms with Gasteiger partial charge in [0.2, 0.25) is 5.91 Å². The second kappa shape index (κ2) is 7.66. The molecule has 0 atom stereocenters. The van der Waals surface area contributed by atoms with Gasteiger partial charge in [-0.25, -0.2) is 13.2 Å². The van der Waals surface area contributed by atoms with E-state index in [1.54, 1.807) is 7.05 Å². The number of sulfone groups is 1. The van der Waals surface area contributed by atoms with Crippen LogP contribution in [0.3, 0.4) is 0 Å². The van der Waals surface area contributed by atoms with Crippen LogP contribution < -0.4 is 5.32 Å². The van der Waals surface area contributed by atoms with E-state index in [0.29, 0.717) is 12.8 Å². The molecule has 9 nitrogen and oxygen atoms in total. The van der Waals surface area contributed by atoms with Crippen LogP contribution >= 0.6 is 0 Å². The fraction of sp³-hybridized carbons (Fsp3) is 0.526. The van der Waals surface area contributed by atoms with Crippen molar-refractivity contribution in [3.05, 3.63) is 18.2 Å². The number of anilines is 1. The van der Waals surface area contributed by atoms with E-state index in [9.17, 15) is 27.9 Å². The molecule has 1 saturated carbocycles. The summed E-state index contributed by atoms with van der Waals surface area (Å²) in [6.07, 6.45) is 3.84. The van der Waals surface area contributed by atoms with Crippen LogP contribution in [0.2, 0.25) is 0 Å². The first-order valence-corrected chi connectivity index (χ1v) is 11.2. The van der Waals surface area contributed by atoms with Crippen LogP contribution in [0.15, 0.2) is 23.1 Å². The van der Waals surface area contributed by atoms with Gasteiger partial charge in [0.15, 0.2) is 9.84 Å². The van der Waals surface area contributed by atoms with Crippen LogP contribution in [0.25, 0.3) is 0 Å². The Bertz CT molecular complexity index is 953. The molecule has 2 fully saturated rings. The first-order valence-electron chi connectivity index (χ1n) is 9.58. The van der Waals surface area contributed by atoms with Crippen LogP contribution in [0.4, 0.5) is 10.5 Å². The number of nitrogens with one attached hydrogen (secondary N) is 1. The molecule has 29 heavy (non-hydrogen) atoms. The second-order valence-electron chi connectivity index (χ2n) is 7.46. The molecule has 1 aromatic carbocycles. The predicted octanol–water partition coefficient (Wildman–Crippen LogP) is 1.72. The van der Waals surface area contributed by atoms with Gasteiger partial charge in [0.05, 0.1) is 16.3 Å². The summed E-state index contributed by atoms with van der Waals surface area (Å²) in [4.78, 5) is 40.3. The predicted molar refractivity (Wildman–Crippen MR) is 105 cm³/mol. The maximum atomic E-state index is 12.9. The SMILES string of the molecule is CCS(=O)(=O)c1ccc(O)c(NC(=O)CN2C(=O)N(C)C3(CCCCC3)C2=O)c1. The van der Waals surface area contributed by atoms with Crippen molar-refractivity contribution in [3.8, 4) is 5.75 Å². The van der Waals surface area contributed by atoms with Crippen molar-refractivity contribution in [3.63, 3.8) is 0 Å². The van der Waals surface area contributed by atoms with Gasteiger partial charge in [0.25, 0.3) is 5.91 Å². The molecule has 158 valence electrons. The van der Waals surface area contributed by atoms with Crippen LogP contribution in [0, 0.1) is 0 Å². The number of hydrogen-bond acceptors (Lipinski definition) is 6. The third-order valence-corrected chi connectivity index (χ3v) is 7.50. The number of urea groups is 1. The van der Waals surface area contributed by atoms with E-state index in [2.05, 4.69) is 5.32 Å². The zero-order chi connectivity index (χ0) is 21.4. The molecule has 1 aromatic rings. The first-order chi connectivity index (χ1) is 13.6. The van der Waals surface area contributed by atoms with E-state index in [0.717, 1.165) is 30.2 Å². The highest BCUT2D eigenvalue weighted by atomic mass is 32.2. The van der Waals surface area contributed by atoms with Gasteiger partial charge >= 0.3 is 6.03 Å². The number of benzene rings is 1. The molecule has 2 aliphatic rings. The van der Waals surface area contributed by atoms with E-state index >= 15 is 0 Å². The van der Waals surface area contributed by atoms with Crippen molar-refractivity contribution < 1.29 is 27.9 Å². The average Bonchev–Trinajstić information content (AvgIpc) is 2.86. The van der Waals surface area contributed by atoms with Crippen molar-refractivity contribution in [1.29, 1.82) is 0 Å². The van der Waals surface area contributed by atoms with E-state index in [1.807, 2.05) is 0 Å². The Kier molecular flexibility index (Phi) is 5.57. The number of aromatic hydroxyl groups is 1. The first kappa shape index (κ1) is 21.1. The third-order valence-electron chi connectivity index (χ3n) is 5.77. The molecule has 10 heteroatoms. The zero-order valence-electron chi connectivity index (χ0n) is 16.5. The monoisotopic (exact) mass is 423 g/mol. The van der Waals surface area contributed by atoms with Gasteiger partial charge < -0.3 is 15.3 Å². The number of hydrogen-bond donors (Lipinski definition) is 2. The van der Waals surface area contributed by atoms with E-state index in [-0.39, 0.29) is 28.0 Å². The molecule has 3 rings (SSSR count). The average molecular weight is 423 g/mol. The Hall–Kier alpha value is -2.62. The minimum absolute atomic E-state index is 0.0395. The van der Waals surface area contributed by atoms with Gasteiger partial charge in [-0.05, 0) is 31.0 Å². The Morgan fingerprint density at radius 3 is 2.48 bits per heavy atom. The Morgan fingerprint density at radius 2 is 1.86 bits per heavy atom. The Labute approximate surface area is 169 Å². The molecule has 2 N–H and O–H groups in total. The largest absolute Gasteiger partial charge is 0.506 e. The number of phenols is 1. The molecule has 0 radical (unpaired) electrons. The Morgan fingerprint density at radius 1 is 1.21 bits per heavy atom. The van der Waals surface area contributed by atoms with Gasteiger partial charge in [-0.3, -0.25) is 14.5 Å². The highest BCUT2D eigenvalue weighted by Crippen LogP contribution is 2.39. The fourth-order valence-corrected chi connectivity index (χ4v) is 4.89. The van der Waals surface area contributed by atoms with Crippen molar-refractivity contribution in [2.24, 2.45) is 0 Å². The van der Waals surface area contributed by atoms with E-state index in [1.165, 1.54) is 24.0 Å². The molecule has 1 saturated heterocycles. The summed E-state index contributed by atoms with van der Waals surface area (Å²) < 4.78 is 24.1. The minimum atomic E-state index is -3.53.